The smallest absolute Gasteiger partial charge is 0.228 e. The molecule has 3 rings (SSSR count). The van der Waals surface area contributed by atoms with Crippen molar-refractivity contribution >= 4 is 0 Å². The van der Waals surface area contributed by atoms with Crippen molar-refractivity contribution in [2.24, 2.45) is 0 Å². The summed E-state index contributed by atoms with van der Waals surface area (Å²) in [5.41, 5.74) is -27.2. The fourth-order valence-corrected chi connectivity index (χ4v) is 4.10. The van der Waals surface area contributed by atoms with E-state index in [0.717, 1.165) is 0 Å². The van der Waals surface area contributed by atoms with Crippen LogP contribution in [0, 0.1) is 0 Å². The van der Waals surface area contributed by atoms with Crippen molar-refractivity contribution in [1.29, 1.82) is 0 Å². The number of halogens is 21. The van der Waals surface area contributed by atoms with E-state index in [1.807, 2.05) is 0 Å². The van der Waals surface area contributed by atoms with Gasteiger partial charge in [-0.2, -0.15) is 79.0 Å². The lowest BCUT2D eigenvalue weighted by molar-refractivity contribution is -0.492. The normalized spacial score (nSPS) is 47.4. The van der Waals surface area contributed by atoms with E-state index in [1.165, 1.54) is 0 Å². The SMILES string of the molecule is FC1(F)N2C(F)(F)C(F)(C1(F)F)C1(F)C(F)(F)C(F)(F)C(F)(F)C(F)(F)C(F)(F)C1(F)C2(F)F. The Balaban J connectivity index is 2.79. The maximum absolute atomic E-state index is 15.1. The van der Waals surface area contributed by atoms with E-state index in [1.54, 1.807) is 0 Å². The summed E-state index contributed by atoms with van der Waals surface area (Å²) in [6, 6.07) is -24.8. The molecule has 3 fully saturated rings. The van der Waals surface area contributed by atoms with Gasteiger partial charge in [0.1, 0.15) is 0 Å². The maximum atomic E-state index is 15.1. The zero-order valence-corrected chi connectivity index (χ0v) is 14.4. The summed E-state index contributed by atoms with van der Waals surface area (Å²) in [7, 11) is 0. The van der Waals surface area contributed by atoms with Crippen LogP contribution in [0.5, 0.6) is 0 Å². The van der Waals surface area contributed by atoms with Gasteiger partial charge in [-0.15, -0.1) is 4.90 Å². The van der Waals surface area contributed by atoms with Crippen LogP contribution in [0.1, 0.15) is 0 Å². The van der Waals surface area contributed by atoms with Crippen LogP contribution in [0.2, 0.25) is 0 Å². The van der Waals surface area contributed by atoms with Gasteiger partial charge < -0.3 is 0 Å². The highest BCUT2D eigenvalue weighted by atomic mass is 19.4. The van der Waals surface area contributed by atoms with Crippen LogP contribution in [0.4, 0.5) is 92.2 Å². The summed E-state index contributed by atoms with van der Waals surface area (Å²) in [6.45, 7) is 0. The molecule has 2 bridgehead atoms. The van der Waals surface area contributed by atoms with Gasteiger partial charge >= 0.3 is 65.0 Å². The number of hydrogen-bond donors (Lipinski definition) is 0. The van der Waals surface area contributed by atoms with Crippen LogP contribution in [-0.4, -0.2) is 75.6 Å². The quantitative estimate of drug-likeness (QED) is 0.260. The summed E-state index contributed by atoms with van der Waals surface area (Å²) < 4.78 is 294. The molecule has 34 heavy (non-hydrogen) atoms. The van der Waals surface area contributed by atoms with Gasteiger partial charge in [-0.3, -0.25) is 0 Å². The average molecular weight is 557 g/mol. The van der Waals surface area contributed by atoms with Crippen molar-refractivity contribution < 1.29 is 92.2 Å². The highest BCUT2D eigenvalue weighted by Crippen LogP contribution is 2.84. The Bertz CT molecular complexity index is 936. The third kappa shape index (κ3) is 1.71. The van der Waals surface area contributed by atoms with Gasteiger partial charge in [0.25, 0.3) is 5.67 Å². The molecule has 0 spiro atoms. The molecule has 4 atom stereocenters. The predicted octanol–water partition coefficient (Wildman–Crippen LogP) is 6.04. The number of fused-ring (bicyclic) bond motifs is 4. The van der Waals surface area contributed by atoms with E-state index in [0.29, 0.717) is 0 Å². The van der Waals surface area contributed by atoms with Crippen molar-refractivity contribution in [2.75, 3.05) is 0 Å². The van der Waals surface area contributed by atoms with Crippen LogP contribution < -0.4 is 0 Å². The fourth-order valence-electron chi connectivity index (χ4n) is 4.10. The second-order valence-electron chi connectivity index (χ2n) is 7.38. The molecule has 2 heterocycles. The minimum Gasteiger partial charge on any atom is -0.228 e. The number of hydrogen-bond acceptors (Lipinski definition) is 1. The van der Waals surface area contributed by atoms with Crippen LogP contribution in [-0.2, 0) is 0 Å². The van der Waals surface area contributed by atoms with Gasteiger partial charge in [0.15, 0.2) is 0 Å². The number of alkyl halides is 21. The molecule has 1 saturated carbocycles. The molecule has 0 N–H and O–H groups in total. The zero-order chi connectivity index (χ0) is 27.6. The summed E-state index contributed by atoms with van der Waals surface area (Å²) in [5.74, 6) is -52.9. The van der Waals surface area contributed by atoms with Crippen LogP contribution >= 0.6 is 0 Å². The molecule has 0 radical (unpaired) electrons. The molecule has 3 aliphatic rings. The number of nitrogens with zero attached hydrogens (tertiary/aromatic N) is 1. The minimum absolute atomic E-state index is 4.37. The second kappa shape index (κ2) is 5.42. The van der Waals surface area contributed by atoms with E-state index >= 15 is 4.39 Å². The molecule has 4 unspecified atom stereocenters. The van der Waals surface area contributed by atoms with Crippen molar-refractivity contribution in [3.05, 3.63) is 0 Å². The Morgan fingerprint density at radius 2 is 0.471 bits per heavy atom. The Morgan fingerprint density at radius 1 is 0.235 bits per heavy atom. The third-order valence-electron chi connectivity index (χ3n) is 5.87. The highest BCUT2D eigenvalue weighted by molar-refractivity contribution is 5.45. The van der Waals surface area contributed by atoms with Crippen LogP contribution in [0.3, 0.4) is 0 Å². The van der Waals surface area contributed by atoms with Gasteiger partial charge in [-0.1, -0.05) is 0 Å². The van der Waals surface area contributed by atoms with E-state index in [9.17, 15) is 87.8 Å². The largest absolute Gasteiger partial charge is 0.384 e. The number of piperidine rings is 1. The van der Waals surface area contributed by atoms with Crippen molar-refractivity contribution in [3.8, 4) is 0 Å². The molecule has 22 heteroatoms. The molecule has 2 saturated heterocycles. The average Bonchev–Trinajstić information content (AvgIpc) is 2.68. The standard InChI is InChI=1S/C12F21N/c13-1-2(14,5(18,19)8(24,25)9(26,27)7(22,23)4(1,16)17)10(28,29)34-11(30,31)3(1,15)6(20,21)12(34,32)33. The Kier molecular flexibility index (Phi) is 4.32. The van der Waals surface area contributed by atoms with Crippen LogP contribution in [0.15, 0.2) is 0 Å². The van der Waals surface area contributed by atoms with Gasteiger partial charge in [-0.05, 0) is 0 Å². The molecule has 0 amide bonds. The first kappa shape index (κ1) is 27.1. The lowest BCUT2D eigenvalue weighted by Gasteiger charge is -2.57. The fraction of sp³-hybridized carbons (Fsp3) is 1.00. The summed E-state index contributed by atoms with van der Waals surface area (Å²) in [5, 5.41) is 0. The first-order chi connectivity index (χ1) is 14.4. The van der Waals surface area contributed by atoms with Gasteiger partial charge in [-0.25, -0.2) is 13.2 Å². The predicted molar refractivity (Wildman–Crippen MR) is 57.9 cm³/mol. The molecule has 0 aromatic carbocycles. The first-order valence-electron chi connectivity index (χ1n) is 7.64. The molecule has 2 aliphatic heterocycles. The van der Waals surface area contributed by atoms with E-state index in [2.05, 4.69) is 0 Å². The topological polar surface area (TPSA) is 3.24 Å². The van der Waals surface area contributed by atoms with Crippen molar-refractivity contribution in [2.45, 2.75) is 70.7 Å². The van der Waals surface area contributed by atoms with Crippen LogP contribution in [0.25, 0.3) is 0 Å². The lowest BCUT2D eigenvalue weighted by atomic mass is 9.62. The number of rotatable bonds is 0. The molecule has 1 nitrogen and oxygen atoms in total. The maximum Gasteiger partial charge on any atom is 0.384 e. The van der Waals surface area contributed by atoms with Gasteiger partial charge in [0.2, 0.25) is 0 Å². The van der Waals surface area contributed by atoms with E-state index in [-0.39, 0.29) is 0 Å². The molecule has 0 aromatic heterocycles. The lowest BCUT2D eigenvalue weighted by Crippen LogP contribution is -2.91. The second-order valence-corrected chi connectivity index (χ2v) is 7.38. The summed E-state index contributed by atoms with van der Waals surface area (Å²) in [4.78, 5) is -4.37. The zero-order valence-electron chi connectivity index (χ0n) is 14.4. The monoisotopic (exact) mass is 557 g/mol. The highest BCUT2D eigenvalue weighted by Gasteiger charge is 3.17. The van der Waals surface area contributed by atoms with E-state index < -0.39 is 75.6 Å². The Hall–Kier alpha value is -1.51. The molecule has 200 valence electrons. The molecular formula is C12F21N. The minimum atomic E-state index is -9.32. The Labute approximate surface area is 169 Å². The summed E-state index contributed by atoms with van der Waals surface area (Å²) >= 11 is 0. The molecule has 1 aliphatic carbocycles. The Morgan fingerprint density at radius 3 is 0.794 bits per heavy atom. The molecule has 0 aromatic rings. The van der Waals surface area contributed by atoms with Gasteiger partial charge in [0.05, 0.1) is 0 Å². The summed E-state index contributed by atoms with van der Waals surface area (Å²) in [6.07, 6.45) is 0. The van der Waals surface area contributed by atoms with E-state index in [4.69, 9.17) is 0 Å². The third-order valence-corrected chi connectivity index (χ3v) is 5.87. The van der Waals surface area contributed by atoms with Crippen molar-refractivity contribution in [3.63, 3.8) is 0 Å². The first-order valence-corrected chi connectivity index (χ1v) is 7.64. The molecular weight excluding hydrogens is 557 g/mol. The van der Waals surface area contributed by atoms with Gasteiger partial charge in [0, 0.05) is 0 Å². The van der Waals surface area contributed by atoms with Crippen molar-refractivity contribution in [1.82, 2.24) is 4.90 Å².